The van der Waals surface area contributed by atoms with Crippen LogP contribution < -0.4 is 4.74 Å². The van der Waals surface area contributed by atoms with E-state index in [9.17, 15) is 9.90 Å². The number of carbonyl (C=O) groups is 1. The molecule has 0 fully saturated rings. The number of hydrogen-bond acceptors (Lipinski definition) is 4. The van der Waals surface area contributed by atoms with Gasteiger partial charge in [0.15, 0.2) is 0 Å². The fourth-order valence-electron chi connectivity index (χ4n) is 5.05. The number of ether oxygens (including phenoxy) is 1. The Hall–Kier alpha value is -2.63. The maximum absolute atomic E-state index is 13.3. The van der Waals surface area contributed by atoms with E-state index in [1.165, 1.54) is 22.5 Å². The fraction of sp³-hybridized carbons (Fsp3) is 0.452. The number of fused-ring (bicyclic) bond motifs is 1. The van der Waals surface area contributed by atoms with Gasteiger partial charge in [0, 0.05) is 17.5 Å². The smallest absolute Gasteiger partial charge is 0.264 e. The highest BCUT2D eigenvalue weighted by Crippen LogP contribution is 2.49. The molecule has 1 N–H and O–H groups in total. The van der Waals surface area contributed by atoms with Gasteiger partial charge in [0.2, 0.25) is 0 Å². The minimum atomic E-state index is -0.754. The van der Waals surface area contributed by atoms with Gasteiger partial charge < -0.3 is 14.7 Å². The second kappa shape index (κ2) is 10.4. The zero-order chi connectivity index (χ0) is 25.5. The van der Waals surface area contributed by atoms with E-state index in [0.29, 0.717) is 4.88 Å². The molecule has 1 heterocycles. The first-order chi connectivity index (χ1) is 16.5. The number of amides is 1. The highest BCUT2D eigenvalue weighted by molar-refractivity contribution is 7.17. The first-order valence-corrected chi connectivity index (χ1v) is 13.1. The van der Waals surface area contributed by atoms with Crippen LogP contribution in [0, 0.1) is 0 Å². The average Bonchev–Trinajstić information content (AvgIpc) is 3.35. The maximum atomic E-state index is 13.3. The largest absolute Gasteiger partial charge is 0.496 e. The number of aliphatic hydroxyl groups is 1. The minimum absolute atomic E-state index is 0. The topological polar surface area (TPSA) is 49.8 Å². The number of benzene rings is 2. The summed E-state index contributed by atoms with van der Waals surface area (Å²) in [6, 6.07) is 17.5. The van der Waals surface area contributed by atoms with E-state index < -0.39 is 6.10 Å². The van der Waals surface area contributed by atoms with Crippen molar-refractivity contribution in [3.63, 3.8) is 0 Å². The van der Waals surface area contributed by atoms with Gasteiger partial charge >= 0.3 is 0 Å². The van der Waals surface area contributed by atoms with Gasteiger partial charge in [-0.1, -0.05) is 65.5 Å². The van der Waals surface area contributed by atoms with Crippen molar-refractivity contribution in [3.05, 3.63) is 76.2 Å². The molecule has 3 aromatic rings. The average molecular weight is 508 g/mol. The van der Waals surface area contributed by atoms with Crippen LogP contribution in [-0.2, 0) is 10.8 Å². The highest BCUT2D eigenvalue weighted by atomic mass is 32.1. The molecule has 36 heavy (non-hydrogen) atoms. The highest BCUT2D eigenvalue weighted by Gasteiger charge is 2.38. The first-order valence-electron chi connectivity index (χ1n) is 12.3. The Balaban J connectivity index is 0.00000361. The molecule has 2 aromatic carbocycles. The zero-order valence-corrected chi connectivity index (χ0v) is 22.7. The lowest BCUT2D eigenvalue weighted by Crippen LogP contribution is -2.38. The number of thiophene rings is 1. The predicted octanol–water partition coefficient (Wildman–Crippen LogP) is 7.60. The number of carbonyl (C=O) groups excluding carboxylic acids is 1. The molecule has 0 bridgehead atoms. The summed E-state index contributed by atoms with van der Waals surface area (Å²) in [6.07, 6.45) is 1.53. The summed E-state index contributed by atoms with van der Waals surface area (Å²) in [6.45, 7) is 11.1. The molecular formula is C31H41NO3S. The van der Waals surface area contributed by atoms with Crippen LogP contribution in [0.1, 0.15) is 87.4 Å². The van der Waals surface area contributed by atoms with Gasteiger partial charge in [-0.15, -0.1) is 11.3 Å². The lowest BCUT2D eigenvalue weighted by atomic mass is 9.63. The van der Waals surface area contributed by atoms with Gasteiger partial charge in [-0.3, -0.25) is 4.79 Å². The SMILES string of the molecule is C.COc1cc2c(cc1-c1ccc(C(=O)N(C)[C@H](C)[C@H](O)c3ccccc3)s1)C(C)(C)CCC2(C)C. The van der Waals surface area contributed by atoms with Crippen molar-refractivity contribution in [1.29, 1.82) is 0 Å². The second-order valence-electron chi connectivity index (χ2n) is 11.0. The molecule has 2 atom stereocenters. The minimum Gasteiger partial charge on any atom is -0.496 e. The summed E-state index contributed by atoms with van der Waals surface area (Å²) in [5, 5.41) is 10.8. The third-order valence-corrected chi connectivity index (χ3v) is 8.89. The second-order valence-corrected chi connectivity index (χ2v) is 12.1. The van der Waals surface area contributed by atoms with Crippen molar-refractivity contribution >= 4 is 17.2 Å². The van der Waals surface area contributed by atoms with Crippen molar-refractivity contribution in [2.45, 2.75) is 77.9 Å². The van der Waals surface area contributed by atoms with Gasteiger partial charge in [-0.05, 0) is 71.6 Å². The number of rotatable bonds is 6. The van der Waals surface area contributed by atoms with Crippen molar-refractivity contribution in [2.24, 2.45) is 0 Å². The van der Waals surface area contributed by atoms with Gasteiger partial charge in [-0.25, -0.2) is 0 Å². The van der Waals surface area contributed by atoms with Crippen LogP contribution in [0.3, 0.4) is 0 Å². The number of methoxy groups -OCH3 is 1. The van der Waals surface area contributed by atoms with Crippen LogP contribution in [0.25, 0.3) is 10.4 Å². The summed E-state index contributed by atoms with van der Waals surface area (Å²) >= 11 is 1.47. The number of likely N-dealkylation sites (N-methyl/N-ethyl adjacent to an activating group) is 1. The molecule has 0 aliphatic heterocycles. The molecule has 0 radical (unpaired) electrons. The number of aliphatic hydroxyl groups excluding tert-OH is 1. The Labute approximate surface area is 220 Å². The summed E-state index contributed by atoms with van der Waals surface area (Å²) in [4.78, 5) is 16.6. The Morgan fingerprint density at radius 3 is 2.17 bits per heavy atom. The van der Waals surface area contributed by atoms with E-state index in [1.54, 1.807) is 19.1 Å². The molecule has 1 aromatic heterocycles. The summed E-state index contributed by atoms with van der Waals surface area (Å²) in [7, 11) is 3.47. The molecule has 0 unspecified atom stereocenters. The third kappa shape index (κ3) is 5.09. The van der Waals surface area contributed by atoms with Gasteiger partial charge in [0.05, 0.1) is 24.1 Å². The lowest BCUT2D eigenvalue weighted by Gasteiger charge is -2.42. The quantitative estimate of drug-likeness (QED) is 0.374. The molecule has 194 valence electrons. The van der Waals surface area contributed by atoms with Crippen molar-refractivity contribution in [3.8, 4) is 16.2 Å². The van der Waals surface area contributed by atoms with Crippen LogP contribution in [-0.4, -0.2) is 36.1 Å². The molecule has 0 saturated carbocycles. The van der Waals surface area contributed by atoms with E-state index in [-0.39, 0.29) is 30.2 Å². The predicted molar refractivity (Wildman–Crippen MR) is 151 cm³/mol. The van der Waals surface area contributed by atoms with Crippen LogP contribution in [0.4, 0.5) is 0 Å². The Bertz CT molecular complexity index is 1210. The van der Waals surface area contributed by atoms with E-state index in [0.717, 1.165) is 34.6 Å². The standard InChI is InChI=1S/C30H37NO3S.CH4/c1-19(27(32)20-11-9-8-10-12-20)31(6)28(33)26-14-13-25(35-26)21-17-22-23(18-24(21)34-7)30(4,5)16-15-29(22,2)3;/h8-14,17-19,27,32H,15-16H2,1-7H3;1H4/t19-,27+;/m1./s1. The van der Waals surface area contributed by atoms with Crippen LogP contribution in [0.15, 0.2) is 54.6 Å². The van der Waals surface area contributed by atoms with E-state index in [2.05, 4.69) is 39.8 Å². The van der Waals surface area contributed by atoms with E-state index in [4.69, 9.17) is 4.74 Å². The van der Waals surface area contributed by atoms with E-state index >= 15 is 0 Å². The number of hydrogen-bond donors (Lipinski definition) is 1. The van der Waals surface area contributed by atoms with Gasteiger partial charge in [0.1, 0.15) is 5.75 Å². The summed E-state index contributed by atoms with van der Waals surface area (Å²) in [5.74, 6) is 0.749. The molecule has 0 saturated heterocycles. The fourth-order valence-corrected chi connectivity index (χ4v) is 6.06. The molecule has 1 aliphatic carbocycles. The molecule has 4 rings (SSSR count). The third-order valence-electron chi connectivity index (χ3n) is 7.78. The Kier molecular flexibility index (Phi) is 8.07. The van der Waals surface area contributed by atoms with Crippen LogP contribution in [0.2, 0.25) is 0 Å². The normalized spacial score (nSPS) is 17.3. The van der Waals surface area contributed by atoms with Crippen LogP contribution >= 0.6 is 11.3 Å². The monoisotopic (exact) mass is 507 g/mol. The molecule has 5 heteroatoms. The summed E-state index contributed by atoms with van der Waals surface area (Å²) in [5.41, 5.74) is 4.74. The van der Waals surface area contributed by atoms with Gasteiger partial charge in [0.25, 0.3) is 5.91 Å². The first kappa shape index (κ1) is 27.9. The van der Waals surface area contributed by atoms with Crippen molar-refractivity contribution < 1.29 is 14.6 Å². The van der Waals surface area contributed by atoms with E-state index in [1.807, 2.05) is 49.4 Å². The Morgan fingerprint density at radius 2 is 1.58 bits per heavy atom. The molecule has 1 amide bonds. The Morgan fingerprint density at radius 1 is 1.00 bits per heavy atom. The zero-order valence-electron chi connectivity index (χ0n) is 21.9. The molecule has 0 spiro atoms. The van der Waals surface area contributed by atoms with Crippen LogP contribution in [0.5, 0.6) is 5.75 Å². The molecule has 4 nitrogen and oxygen atoms in total. The van der Waals surface area contributed by atoms with Crippen molar-refractivity contribution in [2.75, 3.05) is 14.2 Å². The summed E-state index contributed by atoms with van der Waals surface area (Å²) < 4.78 is 5.84. The number of nitrogens with zero attached hydrogens (tertiary/aromatic N) is 1. The maximum Gasteiger partial charge on any atom is 0.264 e. The molecular weight excluding hydrogens is 466 g/mol. The van der Waals surface area contributed by atoms with Crippen molar-refractivity contribution in [1.82, 2.24) is 4.90 Å². The molecule has 1 aliphatic rings. The van der Waals surface area contributed by atoms with Gasteiger partial charge in [-0.2, -0.15) is 0 Å². The lowest BCUT2D eigenvalue weighted by molar-refractivity contribution is 0.0491.